The molecule has 5 rings (SSSR count). The van der Waals surface area contributed by atoms with Gasteiger partial charge in [-0.2, -0.15) is 0 Å². The molecule has 0 unspecified atom stereocenters. The summed E-state index contributed by atoms with van der Waals surface area (Å²) in [5.41, 5.74) is 4.26. The van der Waals surface area contributed by atoms with E-state index in [1.807, 2.05) is 48.5 Å². The predicted octanol–water partition coefficient (Wildman–Crippen LogP) is 3.78. The molecule has 2 aromatic heterocycles. The van der Waals surface area contributed by atoms with E-state index in [0.29, 0.717) is 11.4 Å². The second-order valence-electron chi connectivity index (χ2n) is 6.04. The van der Waals surface area contributed by atoms with Gasteiger partial charge in [-0.1, -0.05) is 24.3 Å². The highest BCUT2D eigenvalue weighted by Gasteiger charge is 2.15. The van der Waals surface area contributed by atoms with Gasteiger partial charge in [-0.05, 0) is 24.3 Å². The van der Waals surface area contributed by atoms with E-state index in [1.165, 1.54) is 12.1 Å². The standard InChI is InChI=1S/C20H14N4O2/c25-19-10-18(24-12-22-14-6-2-4-8-16(14)24)20(26)9-17(19)23-11-21-13-5-1-3-7-15(13)23/h1-12,25-26H. The van der Waals surface area contributed by atoms with Crippen molar-refractivity contribution in [1.29, 1.82) is 0 Å². The van der Waals surface area contributed by atoms with Gasteiger partial charge in [0.2, 0.25) is 0 Å². The zero-order valence-corrected chi connectivity index (χ0v) is 13.6. The monoisotopic (exact) mass is 342 g/mol. The summed E-state index contributed by atoms with van der Waals surface area (Å²) >= 11 is 0. The van der Waals surface area contributed by atoms with Crippen molar-refractivity contribution >= 4 is 22.1 Å². The predicted molar refractivity (Wildman–Crippen MR) is 99.0 cm³/mol. The molecule has 5 aromatic rings. The average molecular weight is 342 g/mol. The number of aromatic hydroxyl groups is 2. The molecule has 0 spiro atoms. The van der Waals surface area contributed by atoms with E-state index in [0.717, 1.165) is 22.1 Å². The highest BCUT2D eigenvalue weighted by molar-refractivity contribution is 5.80. The van der Waals surface area contributed by atoms with Gasteiger partial charge in [0.15, 0.2) is 0 Å². The summed E-state index contributed by atoms with van der Waals surface area (Å²) in [5.74, 6) is 0.0810. The Labute approximate surface area is 148 Å². The summed E-state index contributed by atoms with van der Waals surface area (Å²) in [6.07, 6.45) is 3.26. The third kappa shape index (κ3) is 2.05. The maximum Gasteiger partial charge on any atom is 0.141 e. The summed E-state index contributed by atoms with van der Waals surface area (Å²) in [6.45, 7) is 0. The summed E-state index contributed by atoms with van der Waals surface area (Å²) in [7, 11) is 0. The molecule has 126 valence electrons. The van der Waals surface area contributed by atoms with Crippen LogP contribution < -0.4 is 0 Å². The molecular formula is C20H14N4O2. The highest BCUT2D eigenvalue weighted by atomic mass is 16.3. The van der Waals surface area contributed by atoms with E-state index in [-0.39, 0.29) is 11.5 Å². The molecule has 2 N–H and O–H groups in total. The van der Waals surface area contributed by atoms with E-state index in [1.54, 1.807) is 21.8 Å². The van der Waals surface area contributed by atoms with E-state index >= 15 is 0 Å². The molecule has 2 heterocycles. The lowest BCUT2D eigenvalue weighted by molar-refractivity contribution is 0.456. The molecule has 0 fully saturated rings. The summed E-state index contributed by atoms with van der Waals surface area (Å²) < 4.78 is 3.50. The molecule has 0 radical (unpaired) electrons. The van der Waals surface area contributed by atoms with Gasteiger partial charge in [-0.15, -0.1) is 0 Å². The molecule has 26 heavy (non-hydrogen) atoms. The molecule has 0 atom stereocenters. The largest absolute Gasteiger partial charge is 0.506 e. The minimum absolute atomic E-state index is 0.0405. The molecule has 0 saturated carbocycles. The number of nitrogens with zero attached hydrogens (tertiary/aromatic N) is 4. The number of hydrogen-bond donors (Lipinski definition) is 2. The first-order valence-electron chi connectivity index (χ1n) is 8.13. The summed E-state index contributed by atoms with van der Waals surface area (Å²) in [4.78, 5) is 8.67. The molecule has 0 aliphatic carbocycles. The van der Waals surface area contributed by atoms with Crippen LogP contribution >= 0.6 is 0 Å². The Morgan fingerprint density at radius 3 is 1.50 bits per heavy atom. The third-order valence-corrected chi connectivity index (χ3v) is 4.50. The van der Waals surface area contributed by atoms with E-state index in [4.69, 9.17) is 0 Å². The van der Waals surface area contributed by atoms with Crippen LogP contribution in [0.2, 0.25) is 0 Å². The van der Waals surface area contributed by atoms with Crippen LogP contribution in [0.1, 0.15) is 0 Å². The first-order valence-corrected chi connectivity index (χ1v) is 8.13. The lowest BCUT2D eigenvalue weighted by atomic mass is 10.2. The zero-order chi connectivity index (χ0) is 17.7. The van der Waals surface area contributed by atoms with Gasteiger partial charge in [0, 0.05) is 12.1 Å². The molecular weight excluding hydrogens is 328 g/mol. The number of fused-ring (bicyclic) bond motifs is 2. The minimum Gasteiger partial charge on any atom is -0.506 e. The molecule has 3 aromatic carbocycles. The lowest BCUT2D eigenvalue weighted by Gasteiger charge is -2.12. The highest BCUT2D eigenvalue weighted by Crippen LogP contribution is 2.35. The molecule has 0 aliphatic rings. The number of rotatable bonds is 2. The molecule has 0 aliphatic heterocycles. The van der Waals surface area contributed by atoms with E-state index in [9.17, 15) is 10.2 Å². The Morgan fingerprint density at radius 2 is 1.04 bits per heavy atom. The van der Waals surface area contributed by atoms with Gasteiger partial charge in [0.1, 0.15) is 24.2 Å². The normalized spacial score (nSPS) is 11.4. The summed E-state index contributed by atoms with van der Waals surface area (Å²) in [6, 6.07) is 18.3. The smallest absolute Gasteiger partial charge is 0.141 e. The maximum absolute atomic E-state index is 10.6. The zero-order valence-electron chi connectivity index (χ0n) is 13.6. The van der Waals surface area contributed by atoms with E-state index < -0.39 is 0 Å². The van der Waals surface area contributed by atoms with Crippen LogP contribution in [-0.2, 0) is 0 Å². The van der Waals surface area contributed by atoms with Crippen molar-refractivity contribution in [3.8, 4) is 22.9 Å². The Balaban J connectivity index is 1.71. The van der Waals surface area contributed by atoms with Gasteiger partial charge < -0.3 is 10.2 Å². The number of hydrogen-bond acceptors (Lipinski definition) is 4. The number of phenolic OH excluding ortho intramolecular Hbond substituents is 2. The fraction of sp³-hybridized carbons (Fsp3) is 0. The molecule has 0 saturated heterocycles. The van der Waals surface area contributed by atoms with Crippen molar-refractivity contribution in [3.05, 3.63) is 73.3 Å². The Morgan fingerprint density at radius 1 is 0.615 bits per heavy atom. The van der Waals surface area contributed by atoms with Gasteiger partial charge in [-0.25, -0.2) is 9.97 Å². The number of imidazole rings is 2. The van der Waals surface area contributed by atoms with Crippen LogP contribution in [0.15, 0.2) is 73.3 Å². The third-order valence-electron chi connectivity index (χ3n) is 4.50. The first kappa shape index (κ1) is 14.5. The van der Waals surface area contributed by atoms with Crippen LogP contribution in [0.3, 0.4) is 0 Å². The average Bonchev–Trinajstić information content (AvgIpc) is 3.27. The molecule has 6 heteroatoms. The number of aromatic nitrogens is 4. The quantitative estimate of drug-likeness (QED) is 0.479. The van der Waals surface area contributed by atoms with Crippen LogP contribution in [0, 0.1) is 0 Å². The Hall–Kier alpha value is -3.80. The lowest BCUT2D eigenvalue weighted by Crippen LogP contribution is -1.97. The van der Waals surface area contributed by atoms with E-state index in [2.05, 4.69) is 9.97 Å². The minimum atomic E-state index is 0.0405. The Bertz CT molecular complexity index is 1170. The Kier molecular flexibility index (Phi) is 2.99. The second kappa shape index (κ2) is 5.35. The summed E-state index contributed by atoms with van der Waals surface area (Å²) in [5, 5.41) is 21.2. The van der Waals surface area contributed by atoms with Crippen molar-refractivity contribution in [1.82, 2.24) is 19.1 Å². The molecule has 0 amide bonds. The fourth-order valence-electron chi connectivity index (χ4n) is 3.24. The van der Waals surface area contributed by atoms with Crippen molar-refractivity contribution in [2.45, 2.75) is 0 Å². The second-order valence-corrected chi connectivity index (χ2v) is 6.04. The maximum atomic E-state index is 10.6. The van der Waals surface area contributed by atoms with Crippen molar-refractivity contribution in [2.24, 2.45) is 0 Å². The van der Waals surface area contributed by atoms with Crippen LogP contribution in [0.5, 0.6) is 11.5 Å². The number of phenols is 2. The van der Waals surface area contributed by atoms with Crippen molar-refractivity contribution in [3.63, 3.8) is 0 Å². The van der Waals surface area contributed by atoms with Gasteiger partial charge >= 0.3 is 0 Å². The van der Waals surface area contributed by atoms with Crippen LogP contribution in [0.25, 0.3) is 33.4 Å². The van der Waals surface area contributed by atoms with Crippen LogP contribution in [-0.4, -0.2) is 29.3 Å². The molecule has 6 nitrogen and oxygen atoms in total. The molecule has 0 bridgehead atoms. The fourth-order valence-corrected chi connectivity index (χ4v) is 3.24. The first-order chi connectivity index (χ1) is 12.7. The van der Waals surface area contributed by atoms with Gasteiger partial charge in [0.25, 0.3) is 0 Å². The van der Waals surface area contributed by atoms with Gasteiger partial charge in [0.05, 0.1) is 33.4 Å². The van der Waals surface area contributed by atoms with Crippen molar-refractivity contribution in [2.75, 3.05) is 0 Å². The number of para-hydroxylation sites is 4. The topological polar surface area (TPSA) is 76.1 Å². The van der Waals surface area contributed by atoms with Crippen molar-refractivity contribution < 1.29 is 10.2 Å². The van der Waals surface area contributed by atoms with Gasteiger partial charge in [-0.3, -0.25) is 9.13 Å². The van der Waals surface area contributed by atoms with Crippen LogP contribution in [0.4, 0.5) is 0 Å². The SMILES string of the molecule is Oc1cc(-n2cnc3ccccc32)c(O)cc1-n1cnc2ccccc21. The number of benzene rings is 3.